The number of benzene rings is 1. The van der Waals surface area contributed by atoms with Gasteiger partial charge in [-0.3, -0.25) is 4.79 Å². The first-order chi connectivity index (χ1) is 7.51. The van der Waals surface area contributed by atoms with Crippen molar-refractivity contribution in [2.45, 2.75) is 13.8 Å². The van der Waals surface area contributed by atoms with Crippen LogP contribution in [-0.4, -0.2) is 23.9 Å². The van der Waals surface area contributed by atoms with Crippen LogP contribution in [0.1, 0.15) is 24.2 Å². The molecule has 0 saturated carbocycles. The van der Waals surface area contributed by atoms with Crippen LogP contribution in [0.4, 0.5) is 0 Å². The van der Waals surface area contributed by atoms with Crippen LogP contribution < -0.4 is 0 Å². The predicted molar refractivity (Wildman–Crippen MR) is 71.4 cm³/mol. The molecule has 5 heteroatoms. The lowest BCUT2D eigenvalue weighted by Gasteiger charge is -2.19. The van der Waals surface area contributed by atoms with E-state index in [0.29, 0.717) is 33.2 Å². The fourth-order valence-electron chi connectivity index (χ4n) is 1.37. The normalized spacial score (nSPS) is 10.3. The zero-order valence-electron chi connectivity index (χ0n) is 9.06. The van der Waals surface area contributed by atoms with Gasteiger partial charge in [-0.1, -0.05) is 23.2 Å². The Morgan fingerprint density at radius 2 is 1.81 bits per heavy atom. The minimum absolute atomic E-state index is 0.0931. The van der Waals surface area contributed by atoms with E-state index in [2.05, 4.69) is 15.9 Å². The van der Waals surface area contributed by atoms with Gasteiger partial charge in [-0.2, -0.15) is 0 Å². The fraction of sp³-hybridized carbons (Fsp3) is 0.364. The van der Waals surface area contributed by atoms with Crippen LogP contribution in [0.15, 0.2) is 16.6 Å². The Morgan fingerprint density at radius 1 is 1.25 bits per heavy atom. The number of rotatable bonds is 3. The maximum Gasteiger partial charge on any atom is 0.255 e. The minimum Gasteiger partial charge on any atom is -0.339 e. The molecule has 0 unspecified atom stereocenters. The molecule has 0 fully saturated rings. The second kappa shape index (κ2) is 5.89. The number of carbonyl (C=O) groups excluding carboxylic acids is 1. The highest BCUT2D eigenvalue weighted by Crippen LogP contribution is 2.29. The molecule has 0 radical (unpaired) electrons. The monoisotopic (exact) mass is 323 g/mol. The van der Waals surface area contributed by atoms with E-state index in [0.717, 1.165) is 0 Å². The van der Waals surface area contributed by atoms with Gasteiger partial charge < -0.3 is 4.90 Å². The topological polar surface area (TPSA) is 20.3 Å². The number of hydrogen-bond donors (Lipinski definition) is 0. The van der Waals surface area contributed by atoms with E-state index in [1.807, 2.05) is 13.8 Å². The molecule has 0 aliphatic heterocycles. The van der Waals surface area contributed by atoms with Gasteiger partial charge in [0.05, 0.1) is 15.6 Å². The van der Waals surface area contributed by atoms with Gasteiger partial charge in [0.25, 0.3) is 5.91 Å². The molecule has 0 aliphatic carbocycles. The Kier molecular flexibility index (Phi) is 5.09. The van der Waals surface area contributed by atoms with Crippen LogP contribution >= 0.6 is 39.1 Å². The lowest BCUT2D eigenvalue weighted by atomic mass is 10.2. The van der Waals surface area contributed by atoms with Crippen LogP contribution in [-0.2, 0) is 0 Å². The van der Waals surface area contributed by atoms with Crippen LogP contribution in [0.25, 0.3) is 0 Å². The van der Waals surface area contributed by atoms with Gasteiger partial charge in [0.1, 0.15) is 0 Å². The number of nitrogens with zero attached hydrogens (tertiary/aromatic N) is 1. The summed E-state index contributed by atoms with van der Waals surface area (Å²) in [7, 11) is 0. The third kappa shape index (κ3) is 2.90. The third-order valence-electron chi connectivity index (χ3n) is 2.29. The highest BCUT2D eigenvalue weighted by Gasteiger charge is 2.17. The summed E-state index contributed by atoms with van der Waals surface area (Å²) in [6, 6.07) is 3.23. The van der Waals surface area contributed by atoms with E-state index in [4.69, 9.17) is 23.2 Å². The molecule has 88 valence electrons. The smallest absolute Gasteiger partial charge is 0.255 e. The highest BCUT2D eigenvalue weighted by atomic mass is 79.9. The van der Waals surface area contributed by atoms with Crippen molar-refractivity contribution in [2.75, 3.05) is 13.1 Å². The summed E-state index contributed by atoms with van der Waals surface area (Å²) in [6.45, 7) is 5.16. The van der Waals surface area contributed by atoms with Crippen molar-refractivity contribution < 1.29 is 4.79 Å². The molecule has 1 aromatic carbocycles. The highest BCUT2D eigenvalue weighted by molar-refractivity contribution is 9.10. The maximum absolute atomic E-state index is 12.1. The van der Waals surface area contributed by atoms with Crippen molar-refractivity contribution >= 4 is 45.0 Å². The summed E-state index contributed by atoms with van der Waals surface area (Å²) in [6.07, 6.45) is 0. The molecule has 1 aromatic rings. The van der Waals surface area contributed by atoms with Gasteiger partial charge in [-0.05, 0) is 41.9 Å². The molecule has 0 aliphatic rings. The SMILES string of the molecule is CCN(CC)C(=O)c1cc(Cl)c(Br)cc1Cl. The van der Waals surface area contributed by atoms with Crippen molar-refractivity contribution in [1.82, 2.24) is 4.90 Å². The van der Waals surface area contributed by atoms with Gasteiger partial charge in [0.15, 0.2) is 0 Å². The first-order valence-corrected chi connectivity index (χ1v) is 6.49. The van der Waals surface area contributed by atoms with E-state index in [9.17, 15) is 4.79 Å². The fourth-order valence-corrected chi connectivity index (χ4v) is 2.25. The Morgan fingerprint density at radius 3 is 2.31 bits per heavy atom. The molecule has 2 nitrogen and oxygen atoms in total. The standard InChI is InChI=1S/C11H12BrCl2NO/c1-3-15(4-2)11(16)7-5-10(14)8(12)6-9(7)13/h5-6H,3-4H2,1-2H3. The van der Waals surface area contributed by atoms with Crippen molar-refractivity contribution in [3.05, 3.63) is 32.2 Å². The van der Waals surface area contributed by atoms with Crippen LogP contribution in [0.2, 0.25) is 10.0 Å². The predicted octanol–water partition coefficient (Wildman–Crippen LogP) is 4.24. The van der Waals surface area contributed by atoms with E-state index in [-0.39, 0.29) is 5.91 Å². The quantitative estimate of drug-likeness (QED) is 0.762. The van der Waals surface area contributed by atoms with E-state index in [1.165, 1.54) is 0 Å². The summed E-state index contributed by atoms with van der Waals surface area (Å²) in [5.74, 6) is -0.0931. The van der Waals surface area contributed by atoms with Crippen molar-refractivity contribution in [3.63, 3.8) is 0 Å². The summed E-state index contributed by atoms with van der Waals surface area (Å²) in [5.41, 5.74) is 0.443. The summed E-state index contributed by atoms with van der Waals surface area (Å²) >= 11 is 15.2. The van der Waals surface area contributed by atoms with Crippen molar-refractivity contribution in [1.29, 1.82) is 0 Å². The molecular weight excluding hydrogens is 313 g/mol. The molecule has 1 rings (SSSR count). The van der Waals surface area contributed by atoms with E-state index in [1.54, 1.807) is 17.0 Å². The summed E-state index contributed by atoms with van der Waals surface area (Å²) in [4.78, 5) is 13.8. The first-order valence-electron chi connectivity index (χ1n) is 4.95. The number of amides is 1. The molecule has 1 amide bonds. The van der Waals surface area contributed by atoms with Gasteiger partial charge in [-0.25, -0.2) is 0 Å². The van der Waals surface area contributed by atoms with Gasteiger partial charge in [0, 0.05) is 17.6 Å². The Hall–Kier alpha value is -0.250. The minimum atomic E-state index is -0.0931. The van der Waals surface area contributed by atoms with E-state index >= 15 is 0 Å². The van der Waals surface area contributed by atoms with E-state index < -0.39 is 0 Å². The number of carbonyl (C=O) groups is 1. The van der Waals surface area contributed by atoms with Crippen molar-refractivity contribution in [3.8, 4) is 0 Å². The van der Waals surface area contributed by atoms with Gasteiger partial charge in [-0.15, -0.1) is 0 Å². The van der Waals surface area contributed by atoms with Crippen LogP contribution in [0.5, 0.6) is 0 Å². The zero-order chi connectivity index (χ0) is 12.3. The number of hydrogen-bond acceptors (Lipinski definition) is 1. The Balaban J connectivity index is 3.13. The second-order valence-corrected chi connectivity index (χ2v) is 4.89. The lowest BCUT2D eigenvalue weighted by Crippen LogP contribution is -2.30. The molecular formula is C11H12BrCl2NO. The number of halogens is 3. The average molecular weight is 325 g/mol. The first kappa shape index (κ1) is 13.8. The summed E-state index contributed by atoms with van der Waals surface area (Å²) in [5, 5.41) is 0.896. The third-order valence-corrected chi connectivity index (χ3v) is 3.80. The second-order valence-electron chi connectivity index (χ2n) is 3.22. The molecule has 0 bridgehead atoms. The zero-order valence-corrected chi connectivity index (χ0v) is 12.2. The largest absolute Gasteiger partial charge is 0.339 e. The van der Waals surface area contributed by atoms with Crippen LogP contribution in [0, 0.1) is 0 Å². The summed E-state index contributed by atoms with van der Waals surface area (Å²) < 4.78 is 0.690. The van der Waals surface area contributed by atoms with Crippen LogP contribution in [0.3, 0.4) is 0 Å². The maximum atomic E-state index is 12.1. The van der Waals surface area contributed by atoms with Gasteiger partial charge >= 0.3 is 0 Å². The lowest BCUT2D eigenvalue weighted by molar-refractivity contribution is 0.0773. The Labute approximate surface area is 114 Å². The molecule has 0 heterocycles. The molecule has 0 saturated heterocycles. The van der Waals surface area contributed by atoms with Gasteiger partial charge in [0.2, 0.25) is 0 Å². The molecule has 0 aromatic heterocycles. The average Bonchev–Trinajstić information content (AvgIpc) is 2.25. The molecule has 0 atom stereocenters. The molecule has 0 N–H and O–H groups in total. The van der Waals surface area contributed by atoms with Crippen molar-refractivity contribution in [2.24, 2.45) is 0 Å². The Bertz CT molecular complexity index is 405. The molecule has 0 spiro atoms. The molecule has 16 heavy (non-hydrogen) atoms.